The van der Waals surface area contributed by atoms with Gasteiger partial charge in [-0.1, -0.05) is 125 Å². The van der Waals surface area contributed by atoms with E-state index in [-0.39, 0.29) is 5.41 Å². The fourth-order valence-corrected chi connectivity index (χ4v) is 6.83. The van der Waals surface area contributed by atoms with Crippen molar-refractivity contribution >= 4 is 34.1 Å². The molecule has 2 nitrogen and oxygen atoms in total. The molecule has 0 unspecified atom stereocenters. The van der Waals surface area contributed by atoms with Crippen molar-refractivity contribution < 1.29 is 0 Å². The quantitative estimate of drug-likeness (QED) is 0.144. The maximum absolute atomic E-state index is 2.35. The van der Waals surface area contributed by atoms with Gasteiger partial charge in [-0.3, -0.25) is 0 Å². The third-order valence-corrected chi connectivity index (χ3v) is 9.93. The van der Waals surface area contributed by atoms with Gasteiger partial charge in [-0.2, -0.15) is 0 Å². The Morgan fingerprint density at radius 2 is 0.500 bits per heavy atom. The van der Waals surface area contributed by atoms with Gasteiger partial charge in [-0.15, -0.1) is 0 Å². The van der Waals surface area contributed by atoms with E-state index in [1.165, 1.54) is 38.9 Å². The Bertz CT molecular complexity index is 1920. The number of hydrogen-bond acceptors (Lipinski definition) is 2. The molecule has 0 saturated carbocycles. The number of rotatable bonds is 9. The van der Waals surface area contributed by atoms with Gasteiger partial charge in [0.05, 0.1) is 0 Å². The lowest BCUT2D eigenvalue weighted by molar-refractivity contribution is 0.692. The van der Waals surface area contributed by atoms with Gasteiger partial charge in [0.15, 0.2) is 0 Å². The van der Waals surface area contributed by atoms with Crippen molar-refractivity contribution in [3.63, 3.8) is 0 Å². The second-order valence-electron chi connectivity index (χ2n) is 13.6. The van der Waals surface area contributed by atoms with Crippen LogP contribution in [0.2, 0.25) is 0 Å². The zero-order chi connectivity index (χ0) is 34.7. The first-order chi connectivity index (χ1) is 24.3. The maximum atomic E-state index is 2.35. The Hall–Kier alpha value is -5.86. The molecule has 7 aromatic carbocycles. The highest BCUT2D eigenvalue weighted by molar-refractivity contribution is 5.78. The average Bonchev–Trinajstić information content (AvgIpc) is 3.15. The van der Waals surface area contributed by atoms with Gasteiger partial charge in [-0.25, -0.2) is 0 Å². The van der Waals surface area contributed by atoms with Crippen LogP contribution in [0.5, 0.6) is 0 Å². The third kappa shape index (κ3) is 6.58. The summed E-state index contributed by atoms with van der Waals surface area (Å²) >= 11 is 0. The van der Waals surface area contributed by atoms with E-state index in [0.717, 1.165) is 34.1 Å². The van der Waals surface area contributed by atoms with Crippen LogP contribution in [0, 0.1) is 27.7 Å². The summed E-state index contributed by atoms with van der Waals surface area (Å²) in [5.74, 6) is 0. The highest BCUT2D eigenvalue weighted by Gasteiger charge is 2.31. The molecule has 0 aliphatic carbocycles. The van der Waals surface area contributed by atoms with Gasteiger partial charge in [-0.05, 0) is 124 Å². The molecule has 0 spiro atoms. The van der Waals surface area contributed by atoms with E-state index >= 15 is 0 Å². The minimum atomic E-state index is -0.380. The van der Waals surface area contributed by atoms with Crippen LogP contribution < -0.4 is 9.80 Å². The summed E-state index contributed by atoms with van der Waals surface area (Å²) in [6, 6.07) is 64.2. The molecule has 0 aliphatic heterocycles. The van der Waals surface area contributed by atoms with Crippen LogP contribution in [0.15, 0.2) is 176 Å². The van der Waals surface area contributed by atoms with Crippen molar-refractivity contribution in [3.8, 4) is 0 Å². The Labute approximate surface area is 297 Å². The number of anilines is 6. The van der Waals surface area contributed by atoms with E-state index in [9.17, 15) is 0 Å². The minimum absolute atomic E-state index is 0.380. The molecule has 0 aliphatic rings. The predicted octanol–water partition coefficient (Wildman–Crippen LogP) is 13.2. The molecule has 0 heterocycles. The molecule has 50 heavy (non-hydrogen) atoms. The average molecular weight is 649 g/mol. The van der Waals surface area contributed by atoms with Crippen LogP contribution in [0.3, 0.4) is 0 Å². The van der Waals surface area contributed by atoms with Crippen molar-refractivity contribution in [1.29, 1.82) is 0 Å². The van der Waals surface area contributed by atoms with Gasteiger partial charge in [0.2, 0.25) is 0 Å². The summed E-state index contributed by atoms with van der Waals surface area (Å²) in [4.78, 5) is 4.67. The van der Waals surface area contributed by atoms with Crippen LogP contribution in [0.1, 0.15) is 45.9 Å². The lowest BCUT2D eigenvalue weighted by atomic mass is 9.71. The molecule has 0 bridgehead atoms. The topological polar surface area (TPSA) is 6.48 Å². The van der Waals surface area contributed by atoms with E-state index < -0.39 is 0 Å². The van der Waals surface area contributed by atoms with Crippen LogP contribution in [-0.4, -0.2) is 0 Å². The smallest absolute Gasteiger partial charge is 0.0461 e. The molecule has 2 heteroatoms. The monoisotopic (exact) mass is 648 g/mol. The van der Waals surface area contributed by atoms with Crippen molar-refractivity contribution in [2.75, 3.05) is 9.80 Å². The van der Waals surface area contributed by atoms with Crippen LogP contribution in [-0.2, 0) is 5.41 Å². The van der Waals surface area contributed by atoms with E-state index in [1.54, 1.807) is 0 Å². The van der Waals surface area contributed by atoms with Crippen molar-refractivity contribution in [3.05, 3.63) is 215 Å². The summed E-state index contributed by atoms with van der Waals surface area (Å²) in [6.45, 7) is 10.9. The van der Waals surface area contributed by atoms with Crippen molar-refractivity contribution in [1.82, 2.24) is 0 Å². The Morgan fingerprint density at radius 1 is 0.280 bits per heavy atom. The Balaban J connectivity index is 1.30. The number of nitrogens with zero attached hydrogens (tertiary/aromatic N) is 2. The van der Waals surface area contributed by atoms with E-state index in [4.69, 9.17) is 0 Å². The first kappa shape index (κ1) is 32.7. The van der Waals surface area contributed by atoms with Crippen LogP contribution >= 0.6 is 0 Å². The lowest BCUT2D eigenvalue weighted by Crippen LogP contribution is -2.25. The molecule has 0 N–H and O–H groups in total. The summed E-state index contributed by atoms with van der Waals surface area (Å²) in [7, 11) is 0. The zero-order valence-corrected chi connectivity index (χ0v) is 29.6. The van der Waals surface area contributed by atoms with Crippen LogP contribution in [0.25, 0.3) is 0 Å². The second kappa shape index (κ2) is 13.9. The van der Waals surface area contributed by atoms with Gasteiger partial charge in [0.25, 0.3) is 0 Å². The number of aryl methyl sites for hydroxylation is 4. The van der Waals surface area contributed by atoms with Gasteiger partial charge < -0.3 is 9.80 Å². The molecule has 0 fully saturated rings. The normalized spacial score (nSPS) is 11.3. The summed E-state index contributed by atoms with van der Waals surface area (Å²) in [6.07, 6.45) is 0. The standard InChI is InChI=1S/C48H44N2/c1-35-11-23-42(24-12-35)49(43-25-13-36(2)14-26-43)46-31-19-40(20-32-46)48(5,39-9-7-6-8-10-39)41-21-33-47(34-22-41)50(44-27-15-37(3)16-28-44)45-29-17-38(4)18-30-45/h6-34H,1-5H3. The maximum Gasteiger partial charge on any atom is 0.0461 e. The highest BCUT2D eigenvalue weighted by Crippen LogP contribution is 2.43. The summed E-state index contributed by atoms with van der Waals surface area (Å²) < 4.78 is 0. The van der Waals surface area contributed by atoms with Gasteiger partial charge in [0, 0.05) is 39.5 Å². The minimum Gasteiger partial charge on any atom is -0.311 e. The first-order valence-electron chi connectivity index (χ1n) is 17.4. The molecule has 7 rings (SSSR count). The van der Waals surface area contributed by atoms with E-state index in [2.05, 4.69) is 220 Å². The van der Waals surface area contributed by atoms with Crippen LogP contribution in [0.4, 0.5) is 34.1 Å². The molecule has 0 atom stereocenters. The molecule has 246 valence electrons. The van der Waals surface area contributed by atoms with Gasteiger partial charge in [0.1, 0.15) is 0 Å². The summed E-state index contributed by atoms with van der Waals surface area (Å²) in [5.41, 5.74) is 15.1. The molecule has 0 aromatic heterocycles. The molecule has 0 saturated heterocycles. The first-order valence-corrected chi connectivity index (χ1v) is 17.4. The summed E-state index contributed by atoms with van der Waals surface area (Å²) in [5, 5.41) is 0. The number of benzene rings is 7. The molecule has 0 radical (unpaired) electrons. The molecular formula is C48H44N2. The van der Waals surface area contributed by atoms with E-state index in [0.29, 0.717) is 0 Å². The largest absolute Gasteiger partial charge is 0.311 e. The SMILES string of the molecule is Cc1ccc(N(c2ccc(C)cc2)c2ccc(C(C)(c3ccccc3)c3ccc(N(c4ccc(C)cc4)c4ccc(C)cc4)cc3)cc2)cc1. The Morgan fingerprint density at radius 3 is 0.760 bits per heavy atom. The molecule has 7 aromatic rings. The lowest BCUT2D eigenvalue weighted by Gasteiger charge is -2.33. The Kier molecular flexibility index (Phi) is 9.11. The molecular weight excluding hydrogens is 605 g/mol. The molecule has 0 amide bonds. The second-order valence-corrected chi connectivity index (χ2v) is 13.6. The van der Waals surface area contributed by atoms with Crippen molar-refractivity contribution in [2.45, 2.75) is 40.0 Å². The fourth-order valence-electron chi connectivity index (χ4n) is 6.83. The van der Waals surface area contributed by atoms with Gasteiger partial charge >= 0.3 is 0 Å². The van der Waals surface area contributed by atoms with E-state index in [1.807, 2.05) is 0 Å². The predicted molar refractivity (Wildman–Crippen MR) is 213 cm³/mol. The zero-order valence-electron chi connectivity index (χ0n) is 29.6. The number of hydrogen-bond donors (Lipinski definition) is 0. The highest BCUT2D eigenvalue weighted by atomic mass is 15.1. The van der Waals surface area contributed by atoms with Crippen molar-refractivity contribution in [2.24, 2.45) is 0 Å². The fraction of sp³-hybridized carbons (Fsp3) is 0.125. The third-order valence-electron chi connectivity index (χ3n) is 9.93.